The van der Waals surface area contributed by atoms with E-state index in [0.29, 0.717) is 0 Å². The predicted molar refractivity (Wildman–Crippen MR) is 66.0 cm³/mol. The zero-order valence-electron chi connectivity index (χ0n) is 10.0. The fourth-order valence-electron chi connectivity index (χ4n) is 1.37. The average molecular weight is 272 g/mol. The maximum atomic E-state index is 10.5. The molecule has 0 atom stereocenters. The van der Waals surface area contributed by atoms with Crippen molar-refractivity contribution in [2.75, 3.05) is 0 Å². The van der Waals surface area contributed by atoms with Gasteiger partial charge in [0.2, 0.25) is 0 Å². The fraction of sp³-hybridized carbons (Fsp3) is 0.417. The van der Waals surface area contributed by atoms with Crippen molar-refractivity contribution in [1.82, 2.24) is 0 Å². The van der Waals surface area contributed by atoms with Crippen molar-refractivity contribution >= 4 is 16.1 Å². The van der Waals surface area contributed by atoms with E-state index in [1.165, 1.54) is 12.1 Å². The van der Waals surface area contributed by atoms with Gasteiger partial charge in [0, 0.05) is 0 Å². The van der Waals surface area contributed by atoms with Crippen molar-refractivity contribution in [2.45, 2.75) is 31.1 Å². The fourth-order valence-corrected chi connectivity index (χ4v) is 1.85. The summed E-state index contributed by atoms with van der Waals surface area (Å²) in [6.07, 6.45) is 2.90. The number of carboxylic acid groups (broad SMARTS) is 1. The van der Waals surface area contributed by atoms with E-state index < -0.39 is 16.1 Å². The first-order chi connectivity index (χ1) is 8.30. The molecule has 0 spiro atoms. The van der Waals surface area contributed by atoms with E-state index in [1.54, 1.807) is 12.1 Å². The van der Waals surface area contributed by atoms with Crippen LogP contribution in [0.2, 0.25) is 0 Å². The van der Waals surface area contributed by atoms with Crippen LogP contribution in [0.3, 0.4) is 0 Å². The molecule has 2 N–H and O–H groups in total. The number of hydrogen-bond acceptors (Lipinski definition) is 3. The second kappa shape index (κ2) is 5.97. The Labute approximate surface area is 106 Å². The molecule has 100 valence electrons. The molecule has 0 saturated heterocycles. The van der Waals surface area contributed by atoms with E-state index in [4.69, 9.17) is 9.66 Å². The first-order valence-electron chi connectivity index (χ1n) is 5.57. The van der Waals surface area contributed by atoms with Crippen molar-refractivity contribution in [3.8, 4) is 0 Å². The standard InChI is InChI=1S/C7H8O3S.C5H8O2/c1-6-2-4-7(5-3-6)11(8,9)10;6-5(7)4-2-1-3-4/h2-5H,1H3,(H,8,9,10);4H,1-3H2,(H,6,7). The van der Waals surface area contributed by atoms with Gasteiger partial charge in [0.1, 0.15) is 0 Å². The molecule has 0 heterocycles. The first kappa shape index (κ1) is 14.7. The highest BCUT2D eigenvalue weighted by Gasteiger charge is 2.23. The lowest BCUT2D eigenvalue weighted by atomic mass is 9.86. The summed E-state index contributed by atoms with van der Waals surface area (Å²) >= 11 is 0. The van der Waals surface area contributed by atoms with Crippen molar-refractivity contribution in [3.05, 3.63) is 29.8 Å². The molecule has 5 nitrogen and oxygen atoms in total. The Morgan fingerprint density at radius 3 is 1.94 bits per heavy atom. The molecule has 0 unspecified atom stereocenters. The molecule has 1 aromatic rings. The molecule has 1 saturated carbocycles. The molecule has 0 aromatic heterocycles. The van der Waals surface area contributed by atoms with Crippen LogP contribution in [0.15, 0.2) is 29.2 Å². The van der Waals surface area contributed by atoms with Crippen molar-refractivity contribution in [1.29, 1.82) is 0 Å². The molecule has 1 aromatic carbocycles. The minimum absolute atomic E-state index is 0.000000000000000444. The summed E-state index contributed by atoms with van der Waals surface area (Å²) in [6.45, 7) is 1.84. The van der Waals surface area contributed by atoms with Gasteiger partial charge in [-0.05, 0) is 31.9 Å². The van der Waals surface area contributed by atoms with Gasteiger partial charge in [0.15, 0.2) is 0 Å². The molecule has 1 aliphatic rings. The van der Waals surface area contributed by atoms with Crippen LogP contribution in [0.5, 0.6) is 0 Å². The van der Waals surface area contributed by atoms with Crippen LogP contribution in [-0.2, 0) is 14.9 Å². The van der Waals surface area contributed by atoms with Gasteiger partial charge in [-0.15, -0.1) is 0 Å². The Kier molecular flexibility index (Phi) is 4.86. The molecule has 0 radical (unpaired) electrons. The molecule has 1 aliphatic carbocycles. The summed E-state index contributed by atoms with van der Waals surface area (Å²) in [7, 11) is -4.02. The normalized spacial score (nSPS) is 15.2. The monoisotopic (exact) mass is 272 g/mol. The van der Waals surface area contributed by atoms with Crippen molar-refractivity contribution in [3.63, 3.8) is 0 Å². The lowest BCUT2D eigenvalue weighted by Gasteiger charge is -2.19. The van der Waals surface area contributed by atoms with Crippen LogP contribution < -0.4 is 0 Å². The quantitative estimate of drug-likeness (QED) is 0.804. The number of rotatable bonds is 2. The predicted octanol–water partition coefficient (Wildman–Crippen LogP) is 2.11. The smallest absolute Gasteiger partial charge is 0.306 e. The Morgan fingerprint density at radius 1 is 1.22 bits per heavy atom. The summed E-state index contributed by atoms with van der Waals surface area (Å²) in [5, 5.41) is 8.23. The van der Waals surface area contributed by atoms with Gasteiger partial charge in [-0.25, -0.2) is 0 Å². The molecule has 2 rings (SSSR count). The van der Waals surface area contributed by atoms with Gasteiger partial charge in [-0.1, -0.05) is 24.1 Å². The van der Waals surface area contributed by atoms with Crippen molar-refractivity contribution < 1.29 is 22.9 Å². The topological polar surface area (TPSA) is 91.7 Å². The van der Waals surface area contributed by atoms with E-state index in [9.17, 15) is 13.2 Å². The summed E-state index contributed by atoms with van der Waals surface area (Å²) in [5.41, 5.74) is 0.956. The van der Waals surface area contributed by atoms with Gasteiger partial charge in [0.25, 0.3) is 10.1 Å². The van der Waals surface area contributed by atoms with E-state index in [0.717, 1.165) is 24.8 Å². The third-order valence-electron chi connectivity index (χ3n) is 2.77. The van der Waals surface area contributed by atoms with Gasteiger partial charge in [-0.2, -0.15) is 8.42 Å². The summed E-state index contributed by atoms with van der Waals surface area (Å²) in [5.74, 6) is -0.619. The number of carboxylic acids is 1. The molecule has 0 amide bonds. The zero-order valence-corrected chi connectivity index (χ0v) is 10.9. The van der Waals surface area contributed by atoms with Crippen molar-refractivity contribution in [2.24, 2.45) is 5.92 Å². The lowest BCUT2D eigenvalue weighted by molar-refractivity contribution is -0.144. The van der Waals surface area contributed by atoms with Crippen LogP contribution in [0.1, 0.15) is 24.8 Å². The SMILES string of the molecule is Cc1ccc(S(=O)(=O)O)cc1.O=C(O)C1CCC1. The molecule has 6 heteroatoms. The van der Waals surface area contributed by atoms with Gasteiger partial charge >= 0.3 is 5.97 Å². The number of benzene rings is 1. The number of aryl methyl sites for hydroxylation is 1. The van der Waals surface area contributed by atoms with Crippen LogP contribution in [0.25, 0.3) is 0 Å². The number of aliphatic carboxylic acids is 1. The summed E-state index contributed by atoms with van der Waals surface area (Å²) in [4.78, 5) is 9.92. The van der Waals surface area contributed by atoms with E-state index in [-0.39, 0.29) is 10.8 Å². The number of hydrogen-bond donors (Lipinski definition) is 2. The van der Waals surface area contributed by atoms with E-state index >= 15 is 0 Å². The van der Waals surface area contributed by atoms with Crippen LogP contribution in [0.4, 0.5) is 0 Å². The van der Waals surface area contributed by atoms with Gasteiger partial charge < -0.3 is 5.11 Å². The Hall–Kier alpha value is -1.40. The van der Waals surface area contributed by atoms with E-state index in [2.05, 4.69) is 0 Å². The molecule has 18 heavy (non-hydrogen) atoms. The van der Waals surface area contributed by atoms with Crippen LogP contribution in [-0.4, -0.2) is 24.0 Å². The molecular weight excluding hydrogens is 256 g/mol. The Bertz CT molecular complexity index is 500. The van der Waals surface area contributed by atoms with E-state index in [1.807, 2.05) is 6.92 Å². The summed E-state index contributed by atoms with van der Waals surface area (Å²) < 4.78 is 29.6. The second-order valence-corrected chi connectivity index (χ2v) is 5.68. The van der Waals surface area contributed by atoms with Gasteiger partial charge in [0.05, 0.1) is 10.8 Å². The molecule has 0 aliphatic heterocycles. The Balaban J connectivity index is 0.000000199. The average Bonchev–Trinajstić information content (AvgIpc) is 2.13. The number of carbonyl (C=O) groups is 1. The van der Waals surface area contributed by atoms with Gasteiger partial charge in [-0.3, -0.25) is 9.35 Å². The minimum atomic E-state index is -4.02. The minimum Gasteiger partial charge on any atom is -0.481 e. The Morgan fingerprint density at radius 2 is 1.72 bits per heavy atom. The maximum Gasteiger partial charge on any atom is 0.306 e. The molecule has 1 fully saturated rings. The zero-order chi connectivity index (χ0) is 13.8. The maximum absolute atomic E-state index is 10.5. The van der Waals surface area contributed by atoms with Crippen LogP contribution in [0, 0.1) is 12.8 Å². The van der Waals surface area contributed by atoms with Crippen LogP contribution >= 0.6 is 0 Å². The third kappa shape index (κ3) is 4.46. The highest BCUT2D eigenvalue weighted by Crippen LogP contribution is 2.25. The molecular formula is C12H16O5S. The highest BCUT2D eigenvalue weighted by molar-refractivity contribution is 7.85. The molecule has 0 bridgehead atoms. The second-order valence-electron chi connectivity index (χ2n) is 4.25. The first-order valence-corrected chi connectivity index (χ1v) is 7.01. The third-order valence-corrected chi connectivity index (χ3v) is 3.64. The summed E-state index contributed by atoms with van der Waals surface area (Å²) in [6, 6.07) is 5.99. The lowest BCUT2D eigenvalue weighted by Crippen LogP contribution is -2.20. The highest BCUT2D eigenvalue weighted by atomic mass is 32.2. The largest absolute Gasteiger partial charge is 0.481 e.